The molecule has 1 aromatic heterocycles. The summed E-state index contributed by atoms with van der Waals surface area (Å²) in [7, 11) is 0. The Morgan fingerprint density at radius 2 is 1.90 bits per heavy atom. The van der Waals surface area contributed by atoms with Gasteiger partial charge in [-0.15, -0.1) is 5.10 Å². The molecule has 104 valence electrons. The third kappa shape index (κ3) is 2.89. The van der Waals surface area contributed by atoms with E-state index in [0.717, 1.165) is 5.56 Å². The molecule has 0 spiro atoms. The molecule has 0 radical (unpaired) electrons. The van der Waals surface area contributed by atoms with Gasteiger partial charge in [-0.3, -0.25) is 15.2 Å². The maximum atomic E-state index is 12.1. The number of amides is 1. The van der Waals surface area contributed by atoms with Gasteiger partial charge in [0.1, 0.15) is 0 Å². The molecule has 1 amide bonds. The average Bonchev–Trinajstić information content (AvgIpc) is 2.97. The summed E-state index contributed by atoms with van der Waals surface area (Å²) in [5.74, 6) is 0.515. The van der Waals surface area contributed by atoms with E-state index in [4.69, 9.17) is 5.73 Å². The van der Waals surface area contributed by atoms with Crippen LogP contribution in [0.4, 0.5) is 11.6 Å². The first-order valence-corrected chi connectivity index (χ1v) is 6.37. The molecule has 6 heteroatoms. The van der Waals surface area contributed by atoms with Crippen LogP contribution in [0.2, 0.25) is 0 Å². The van der Waals surface area contributed by atoms with Gasteiger partial charge < -0.3 is 5.73 Å². The number of carbonyl (C=O) groups excluding carboxylic acids is 1. The van der Waals surface area contributed by atoms with Gasteiger partial charge in [-0.1, -0.05) is 36.4 Å². The normalized spacial score (nSPS) is 10.3. The Hall–Kier alpha value is -3.15. The molecule has 0 aliphatic carbocycles. The van der Waals surface area contributed by atoms with Crippen LogP contribution in [0.25, 0.3) is 11.4 Å². The van der Waals surface area contributed by atoms with Crippen molar-refractivity contribution in [2.75, 3.05) is 11.1 Å². The summed E-state index contributed by atoms with van der Waals surface area (Å²) in [6.07, 6.45) is 0. The molecule has 0 bridgehead atoms. The van der Waals surface area contributed by atoms with E-state index in [1.807, 2.05) is 30.3 Å². The highest BCUT2D eigenvalue weighted by molar-refractivity contribution is 6.03. The summed E-state index contributed by atoms with van der Waals surface area (Å²) in [6, 6.07) is 16.3. The van der Waals surface area contributed by atoms with Gasteiger partial charge >= 0.3 is 0 Å². The van der Waals surface area contributed by atoms with E-state index in [9.17, 15) is 4.79 Å². The van der Waals surface area contributed by atoms with Gasteiger partial charge in [0.2, 0.25) is 5.95 Å². The summed E-state index contributed by atoms with van der Waals surface area (Å²) >= 11 is 0. The van der Waals surface area contributed by atoms with E-state index in [2.05, 4.69) is 20.5 Å². The topological polar surface area (TPSA) is 96.7 Å². The SMILES string of the molecule is Nc1cccc(C(=O)Nc2n[nH]c(-c3ccccc3)n2)c1. The lowest BCUT2D eigenvalue weighted by Crippen LogP contribution is -2.13. The molecule has 21 heavy (non-hydrogen) atoms. The molecule has 6 nitrogen and oxygen atoms in total. The first-order valence-electron chi connectivity index (χ1n) is 6.37. The van der Waals surface area contributed by atoms with Gasteiger partial charge in [-0.05, 0) is 18.2 Å². The van der Waals surface area contributed by atoms with Crippen LogP contribution in [-0.2, 0) is 0 Å². The number of anilines is 2. The lowest BCUT2D eigenvalue weighted by Gasteiger charge is -2.01. The van der Waals surface area contributed by atoms with Crippen molar-refractivity contribution < 1.29 is 4.79 Å². The number of nitrogens with one attached hydrogen (secondary N) is 2. The quantitative estimate of drug-likeness (QED) is 0.641. The highest BCUT2D eigenvalue weighted by Gasteiger charge is 2.10. The van der Waals surface area contributed by atoms with E-state index in [0.29, 0.717) is 17.1 Å². The molecule has 0 aliphatic heterocycles. The molecule has 3 rings (SSSR count). The Labute approximate surface area is 121 Å². The fourth-order valence-electron chi connectivity index (χ4n) is 1.90. The lowest BCUT2D eigenvalue weighted by molar-refractivity contribution is 0.102. The minimum atomic E-state index is -0.305. The van der Waals surface area contributed by atoms with Crippen molar-refractivity contribution in [2.24, 2.45) is 0 Å². The van der Waals surface area contributed by atoms with Crippen molar-refractivity contribution in [3.63, 3.8) is 0 Å². The van der Waals surface area contributed by atoms with Gasteiger partial charge in [0.25, 0.3) is 5.91 Å². The Balaban J connectivity index is 1.77. The van der Waals surface area contributed by atoms with E-state index in [1.165, 1.54) is 0 Å². The molecule has 0 saturated heterocycles. The number of nitrogen functional groups attached to an aromatic ring is 1. The summed E-state index contributed by atoms with van der Waals surface area (Å²) in [6.45, 7) is 0. The maximum absolute atomic E-state index is 12.1. The number of aromatic nitrogens is 3. The largest absolute Gasteiger partial charge is 0.399 e. The zero-order valence-electron chi connectivity index (χ0n) is 11.1. The minimum absolute atomic E-state index is 0.223. The number of nitrogens with two attached hydrogens (primary N) is 1. The first kappa shape index (κ1) is 12.9. The molecule has 0 aliphatic rings. The first-order chi connectivity index (χ1) is 10.2. The highest BCUT2D eigenvalue weighted by atomic mass is 16.1. The lowest BCUT2D eigenvalue weighted by atomic mass is 10.2. The number of rotatable bonds is 3. The van der Waals surface area contributed by atoms with Crippen LogP contribution in [0, 0.1) is 0 Å². The van der Waals surface area contributed by atoms with Crippen LogP contribution in [0.3, 0.4) is 0 Å². The third-order valence-electron chi connectivity index (χ3n) is 2.91. The Morgan fingerprint density at radius 1 is 1.10 bits per heavy atom. The fraction of sp³-hybridized carbons (Fsp3) is 0. The smallest absolute Gasteiger partial charge is 0.258 e. The molecule has 0 atom stereocenters. The monoisotopic (exact) mass is 279 g/mol. The summed E-state index contributed by atoms with van der Waals surface area (Å²) in [5, 5.41) is 9.40. The van der Waals surface area contributed by atoms with E-state index >= 15 is 0 Å². The average molecular weight is 279 g/mol. The zero-order valence-corrected chi connectivity index (χ0v) is 11.1. The van der Waals surface area contributed by atoms with Gasteiger partial charge in [-0.2, -0.15) is 4.98 Å². The van der Waals surface area contributed by atoms with Gasteiger partial charge in [-0.25, -0.2) is 0 Å². The van der Waals surface area contributed by atoms with Crippen molar-refractivity contribution in [1.82, 2.24) is 15.2 Å². The second-order valence-corrected chi connectivity index (χ2v) is 4.45. The number of carbonyl (C=O) groups is 1. The Bertz CT molecular complexity index is 766. The fourth-order valence-corrected chi connectivity index (χ4v) is 1.90. The third-order valence-corrected chi connectivity index (χ3v) is 2.91. The van der Waals surface area contributed by atoms with Gasteiger partial charge in [0, 0.05) is 16.8 Å². The van der Waals surface area contributed by atoms with Crippen molar-refractivity contribution in [3.05, 3.63) is 60.2 Å². The number of H-pyrrole nitrogens is 1. The van der Waals surface area contributed by atoms with Crippen LogP contribution >= 0.6 is 0 Å². The van der Waals surface area contributed by atoms with E-state index < -0.39 is 0 Å². The van der Waals surface area contributed by atoms with Crippen LogP contribution in [0.15, 0.2) is 54.6 Å². The summed E-state index contributed by atoms with van der Waals surface area (Å²) in [5.41, 5.74) is 7.54. The van der Waals surface area contributed by atoms with Crippen molar-refractivity contribution in [3.8, 4) is 11.4 Å². The number of hydrogen-bond acceptors (Lipinski definition) is 4. The van der Waals surface area contributed by atoms with Crippen molar-refractivity contribution in [2.45, 2.75) is 0 Å². The molecule has 1 heterocycles. The second kappa shape index (κ2) is 5.46. The zero-order chi connectivity index (χ0) is 14.7. The van der Waals surface area contributed by atoms with E-state index in [1.54, 1.807) is 24.3 Å². The molecule has 0 saturated carbocycles. The predicted octanol–water partition coefficient (Wildman–Crippen LogP) is 2.31. The van der Waals surface area contributed by atoms with Crippen LogP contribution < -0.4 is 11.1 Å². The molecule has 3 aromatic rings. The predicted molar refractivity (Wildman–Crippen MR) is 80.6 cm³/mol. The number of nitrogens with zero attached hydrogens (tertiary/aromatic N) is 2. The van der Waals surface area contributed by atoms with E-state index in [-0.39, 0.29) is 11.9 Å². The molecule has 4 N–H and O–H groups in total. The van der Waals surface area contributed by atoms with Crippen molar-refractivity contribution >= 4 is 17.5 Å². The van der Waals surface area contributed by atoms with Crippen LogP contribution in [0.1, 0.15) is 10.4 Å². The van der Waals surface area contributed by atoms with Crippen LogP contribution in [0.5, 0.6) is 0 Å². The maximum Gasteiger partial charge on any atom is 0.258 e. The minimum Gasteiger partial charge on any atom is -0.399 e. The molecular formula is C15H13N5O. The molecule has 0 fully saturated rings. The molecular weight excluding hydrogens is 266 g/mol. The molecule has 2 aromatic carbocycles. The standard InChI is InChI=1S/C15H13N5O/c16-12-8-4-7-11(9-12)14(21)18-15-17-13(19-20-15)10-5-2-1-3-6-10/h1-9H,16H2,(H2,17,18,19,20,21). The van der Waals surface area contributed by atoms with Crippen LogP contribution in [-0.4, -0.2) is 21.1 Å². The van der Waals surface area contributed by atoms with Gasteiger partial charge in [0.15, 0.2) is 5.82 Å². The second-order valence-electron chi connectivity index (χ2n) is 4.45. The van der Waals surface area contributed by atoms with Crippen molar-refractivity contribution in [1.29, 1.82) is 0 Å². The van der Waals surface area contributed by atoms with Gasteiger partial charge in [0.05, 0.1) is 0 Å². The Morgan fingerprint density at radius 3 is 2.67 bits per heavy atom. The number of hydrogen-bond donors (Lipinski definition) is 3. The number of aromatic amines is 1. The Kier molecular flexibility index (Phi) is 3.34. The highest BCUT2D eigenvalue weighted by Crippen LogP contribution is 2.15. The number of benzene rings is 2. The summed E-state index contributed by atoms with van der Waals surface area (Å²) < 4.78 is 0. The molecule has 0 unspecified atom stereocenters. The summed E-state index contributed by atoms with van der Waals surface area (Å²) in [4.78, 5) is 16.3.